The zero-order valence-electron chi connectivity index (χ0n) is 10.2. The molecular formula is C13H15N5. The van der Waals surface area contributed by atoms with Crippen molar-refractivity contribution in [2.45, 2.75) is 13.5 Å². The molecule has 0 bridgehead atoms. The summed E-state index contributed by atoms with van der Waals surface area (Å²) in [7, 11) is 0. The Morgan fingerprint density at radius 2 is 2.39 bits per heavy atom. The van der Waals surface area contributed by atoms with E-state index in [0.29, 0.717) is 13.1 Å². The van der Waals surface area contributed by atoms with Crippen molar-refractivity contribution in [3.05, 3.63) is 36.3 Å². The van der Waals surface area contributed by atoms with Crippen molar-refractivity contribution in [1.29, 1.82) is 5.26 Å². The van der Waals surface area contributed by atoms with Gasteiger partial charge in [0.05, 0.1) is 23.9 Å². The maximum absolute atomic E-state index is 8.71. The second-order valence-corrected chi connectivity index (χ2v) is 4.17. The Labute approximate surface area is 106 Å². The van der Waals surface area contributed by atoms with Gasteiger partial charge in [-0.15, -0.1) is 0 Å². The van der Waals surface area contributed by atoms with E-state index >= 15 is 0 Å². The highest BCUT2D eigenvalue weighted by atomic mass is 15.1. The lowest BCUT2D eigenvalue weighted by atomic mass is 10.1. The molecule has 5 nitrogen and oxygen atoms in total. The van der Waals surface area contributed by atoms with Gasteiger partial charge in [-0.25, -0.2) is 0 Å². The first-order valence-corrected chi connectivity index (χ1v) is 5.84. The van der Waals surface area contributed by atoms with E-state index in [2.05, 4.69) is 26.6 Å². The van der Waals surface area contributed by atoms with Crippen LogP contribution in [0, 0.1) is 17.2 Å². The van der Waals surface area contributed by atoms with Crippen LogP contribution in [0.2, 0.25) is 0 Å². The van der Waals surface area contributed by atoms with Gasteiger partial charge in [0.1, 0.15) is 0 Å². The zero-order valence-corrected chi connectivity index (χ0v) is 10.2. The van der Waals surface area contributed by atoms with Crippen LogP contribution >= 0.6 is 0 Å². The van der Waals surface area contributed by atoms with E-state index in [4.69, 9.17) is 5.26 Å². The number of hydrogen-bond donors (Lipinski definition) is 2. The van der Waals surface area contributed by atoms with Crippen LogP contribution in [0.5, 0.6) is 0 Å². The van der Waals surface area contributed by atoms with E-state index < -0.39 is 0 Å². The molecule has 0 aliphatic carbocycles. The second kappa shape index (κ2) is 5.94. The fourth-order valence-electron chi connectivity index (χ4n) is 1.67. The Morgan fingerprint density at radius 3 is 3.11 bits per heavy atom. The van der Waals surface area contributed by atoms with E-state index in [1.165, 1.54) is 0 Å². The molecule has 0 amide bonds. The quantitative estimate of drug-likeness (QED) is 0.835. The van der Waals surface area contributed by atoms with Crippen molar-refractivity contribution in [1.82, 2.24) is 20.5 Å². The van der Waals surface area contributed by atoms with Crippen LogP contribution in [0.4, 0.5) is 0 Å². The Balaban J connectivity index is 2.03. The Bertz CT molecular complexity index is 526. The third kappa shape index (κ3) is 2.93. The minimum absolute atomic E-state index is 0.0127. The van der Waals surface area contributed by atoms with Gasteiger partial charge in [0, 0.05) is 36.6 Å². The molecule has 0 fully saturated rings. The molecule has 2 heterocycles. The summed E-state index contributed by atoms with van der Waals surface area (Å²) in [6.45, 7) is 3.26. The molecule has 5 heteroatoms. The molecule has 0 spiro atoms. The van der Waals surface area contributed by atoms with Crippen molar-refractivity contribution in [3.63, 3.8) is 0 Å². The Hall–Kier alpha value is -2.19. The van der Waals surface area contributed by atoms with E-state index in [1.54, 1.807) is 18.6 Å². The minimum Gasteiger partial charge on any atom is -0.311 e. The highest BCUT2D eigenvalue weighted by Gasteiger charge is 2.07. The van der Waals surface area contributed by atoms with Gasteiger partial charge >= 0.3 is 0 Å². The molecule has 2 aromatic rings. The molecule has 0 saturated heterocycles. The van der Waals surface area contributed by atoms with E-state index in [0.717, 1.165) is 16.8 Å². The number of rotatable bonds is 5. The van der Waals surface area contributed by atoms with Crippen LogP contribution in [-0.2, 0) is 6.54 Å². The van der Waals surface area contributed by atoms with Crippen LogP contribution in [0.15, 0.2) is 30.7 Å². The van der Waals surface area contributed by atoms with Gasteiger partial charge < -0.3 is 5.32 Å². The third-order valence-electron chi connectivity index (χ3n) is 2.65. The fraction of sp³-hybridized carbons (Fsp3) is 0.308. The average molecular weight is 241 g/mol. The van der Waals surface area contributed by atoms with Gasteiger partial charge in [0.25, 0.3) is 0 Å². The second-order valence-electron chi connectivity index (χ2n) is 4.17. The monoisotopic (exact) mass is 241 g/mol. The predicted octanol–water partition coefficient (Wildman–Crippen LogP) is 1.72. The highest BCUT2D eigenvalue weighted by Crippen LogP contribution is 2.19. The predicted molar refractivity (Wildman–Crippen MR) is 68.3 cm³/mol. The van der Waals surface area contributed by atoms with E-state index in [9.17, 15) is 0 Å². The highest BCUT2D eigenvalue weighted by molar-refractivity contribution is 5.61. The van der Waals surface area contributed by atoms with Gasteiger partial charge in [-0.2, -0.15) is 10.4 Å². The average Bonchev–Trinajstić information content (AvgIpc) is 2.88. The summed E-state index contributed by atoms with van der Waals surface area (Å²) in [5.74, 6) is 0.0127. The van der Waals surface area contributed by atoms with Gasteiger partial charge in [0.2, 0.25) is 0 Å². The van der Waals surface area contributed by atoms with Crippen LogP contribution in [0.3, 0.4) is 0 Å². The van der Waals surface area contributed by atoms with Gasteiger partial charge in [-0.3, -0.25) is 10.1 Å². The largest absolute Gasteiger partial charge is 0.311 e. The lowest BCUT2D eigenvalue weighted by Crippen LogP contribution is -2.19. The Kier molecular flexibility index (Phi) is 4.05. The van der Waals surface area contributed by atoms with Crippen molar-refractivity contribution >= 4 is 0 Å². The first-order chi connectivity index (χ1) is 8.81. The summed E-state index contributed by atoms with van der Waals surface area (Å²) >= 11 is 0. The SMILES string of the molecule is CC(C#N)CNCc1cn[nH]c1-c1cccnc1. The maximum atomic E-state index is 8.71. The molecule has 0 aliphatic heterocycles. The summed E-state index contributed by atoms with van der Waals surface area (Å²) < 4.78 is 0. The lowest BCUT2D eigenvalue weighted by Gasteiger charge is -2.06. The zero-order chi connectivity index (χ0) is 12.8. The van der Waals surface area contributed by atoms with Gasteiger partial charge in [0.15, 0.2) is 0 Å². The first kappa shape index (κ1) is 12.3. The van der Waals surface area contributed by atoms with Gasteiger partial charge in [-0.05, 0) is 19.1 Å². The molecule has 1 atom stereocenters. The maximum Gasteiger partial charge on any atom is 0.0710 e. The smallest absolute Gasteiger partial charge is 0.0710 e. The van der Waals surface area contributed by atoms with Crippen molar-refractivity contribution in [3.8, 4) is 17.3 Å². The number of nitrogens with one attached hydrogen (secondary N) is 2. The molecule has 2 aromatic heterocycles. The van der Waals surface area contributed by atoms with E-state index in [-0.39, 0.29) is 5.92 Å². The van der Waals surface area contributed by atoms with Crippen LogP contribution < -0.4 is 5.32 Å². The molecule has 0 aliphatic rings. The number of pyridine rings is 1. The standard InChI is InChI=1S/C13H15N5/c1-10(5-14)6-16-8-12-9-17-18-13(12)11-3-2-4-15-7-11/h2-4,7,9-10,16H,6,8H2,1H3,(H,17,18). The summed E-state index contributed by atoms with van der Waals surface area (Å²) in [6.07, 6.45) is 5.34. The summed E-state index contributed by atoms with van der Waals surface area (Å²) in [4.78, 5) is 4.09. The lowest BCUT2D eigenvalue weighted by molar-refractivity contribution is 0.602. The molecule has 2 N–H and O–H groups in total. The molecule has 2 rings (SSSR count). The van der Waals surface area contributed by atoms with Crippen LogP contribution in [0.25, 0.3) is 11.3 Å². The first-order valence-electron chi connectivity index (χ1n) is 5.84. The number of hydrogen-bond acceptors (Lipinski definition) is 4. The number of aromatic nitrogens is 3. The fourth-order valence-corrected chi connectivity index (χ4v) is 1.67. The summed E-state index contributed by atoms with van der Waals surface area (Å²) in [6, 6.07) is 6.08. The van der Waals surface area contributed by atoms with Crippen molar-refractivity contribution in [2.24, 2.45) is 5.92 Å². The third-order valence-corrected chi connectivity index (χ3v) is 2.65. The van der Waals surface area contributed by atoms with Crippen molar-refractivity contribution in [2.75, 3.05) is 6.54 Å². The number of nitrogens with zero attached hydrogens (tertiary/aromatic N) is 3. The molecule has 0 aromatic carbocycles. The molecule has 92 valence electrons. The molecular weight excluding hydrogens is 226 g/mol. The van der Waals surface area contributed by atoms with Crippen molar-refractivity contribution < 1.29 is 0 Å². The van der Waals surface area contributed by atoms with Crippen LogP contribution in [0.1, 0.15) is 12.5 Å². The molecule has 0 saturated carbocycles. The summed E-state index contributed by atoms with van der Waals surface area (Å²) in [5.41, 5.74) is 3.06. The normalized spacial score (nSPS) is 12.0. The molecule has 1 unspecified atom stereocenters. The summed E-state index contributed by atoms with van der Waals surface area (Å²) in [5, 5.41) is 19.0. The van der Waals surface area contributed by atoms with Crippen LogP contribution in [-0.4, -0.2) is 21.7 Å². The molecule has 0 radical (unpaired) electrons. The van der Waals surface area contributed by atoms with Gasteiger partial charge in [-0.1, -0.05) is 0 Å². The minimum atomic E-state index is 0.0127. The number of H-pyrrole nitrogens is 1. The Morgan fingerprint density at radius 1 is 1.50 bits per heavy atom. The number of nitriles is 1. The topological polar surface area (TPSA) is 77.4 Å². The molecule has 18 heavy (non-hydrogen) atoms. The van der Waals surface area contributed by atoms with E-state index in [1.807, 2.05) is 19.1 Å². The number of aromatic amines is 1.